The number of thiophene rings is 1. The monoisotopic (exact) mass is 306 g/mol. The van der Waals surface area contributed by atoms with Gasteiger partial charge in [-0.25, -0.2) is 0 Å². The minimum atomic E-state index is -0.0574. The zero-order valence-corrected chi connectivity index (χ0v) is 12.9. The number of carbonyl (C=O) groups excluding carboxylic acids is 1. The van der Waals surface area contributed by atoms with E-state index in [9.17, 15) is 4.79 Å². The Balaban J connectivity index is 1.91. The fourth-order valence-corrected chi connectivity index (χ4v) is 3.47. The summed E-state index contributed by atoms with van der Waals surface area (Å²) in [5.74, 6) is 0.651. The summed E-state index contributed by atoms with van der Waals surface area (Å²) in [5.41, 5.74) is 1.08. The van der Waals surface area contributed by atoms with Crippen LogP contribution in [0.25, 0.3) is 0 Å². The molecule has 3 rings (SSSR count). The van der Waals surface area contributed by atoms with Crippen molar-refractivity contribution >= 4 is 17.2 Å². The fraction of sp³-hybridized carbons (Fsp3) is 0.400. The maximum Gasteiger partial charge on any atom is 0.268 e. The lowest BCUT2D eigenvalue weighted by atomic mass is 10.1. The zero-order valence-electron chi connectivity index (χ0n) is 12.1. The molecule has 0 unspecified atom stereocenters. The molecule has 5 nitrogen and oxygen atoms in total. The van der Waals surface area contributed by atoms with Gasteiger partial charge in [0, 0.05) is 25.5 Å². The third kappa shape index (κ3) is 2.56. The summed E-state index contributed by atoms with van der Waals surface area (Å²) in [6.45, 7) is 1.69. The number of amides is 1. The van der Waals surface area contributed by atoms with Crippen LogP contribution in [0.2, 0.25) is 0 Å². The van der Waals surface area contributed by atoms with Gasteiger partial charge >= 0.3 is 0 Å². The molecule has 1 fully saturated rings. The number of morpholine rings is 1. The van der Waals surface area contributed by atoms with Gasteiger partial charge in [-0.3, -0.25) is 4.79 Å². The number of methoxy groups -OCH3 is 1. The molecule has 6 heteroatoms. The number of nitrogens with zero attached hydrogens (tertiary/aromatic N) is 2. The third-order valence-corrected chi connectivity index (χ3v) is 4.64. The molecule has 1 amide bonds. The molecule has 1 atom stereocenters. The molecule has 0 spiro atoms. The number of hydrogen-bond acceptors (Lipinski definition) is 4. The highest BCUT2D eigenvalue weighted by Gasteiger charge is 2.32. The average molecular weight is 306 g/mol. The first-order chi connectivity index (χ1) is 10.2. The molecule has 0 aliphatic carbocycles. The smallest absolute Gasteiger partial charge is 0.268 e. The van der Waals surface area contributed by atoms with E-state index in [1.165, 1.54) is 11.3 Å². The largest absolute Gasteiger partial charge is 0.495 e. The zero-order chi connectivity index (χ0) is 14.8. The van der Waals surface area contributed by atoms with Crippen molar-refractivity contribution in [2.45, 2.75) is 6.04 Å². The van der Waals surface area contributed by atoms with Gasteiger partial charge in [-0.2, -0.15) is 0 Å². The predicted octanol–water partition coefficient (Wildman–Crippen LogP) is 2.31. The Kier molecular flexibility index (Phi) is 3.98. The third-order valence-electron chi connectivity index (χ3n) is 3.76. The van der Waals surface area contributed by atoms with Gasteiger partial charge < -0.3 is 18.9 Å². The fourth-order valence-electron chi connectivity index (χ4n) is 2.66. The van der Waals surface area contributed by atoms with Gasteiger partial charge in [0.1, 0.15) is 10.6 Å². The van der Waals surface area contributed by atoms with Crippen LogP contribution < -0.4 is 4.74 Å². The van der Waals surface area contributed by atoms with Gasteiger partial charge in [0.15, 0.2) is 0 Å². The molecule has 0 saturated carbocycles. The van der Waals surface area contributed by atoms with Crippen LogP contribution >= 0.6 is 11.3 Å². The summed E-state index contributed by atoms with van der Waals surface area (Å²) in [6.07, 6.45) is 1.98. The highest BCUT2D eigenvalue weighted by Crippen LogP contribution is 2.31. The van der Waals surface area contributed by atoms with Gasteiger partial charge in [0.05, 0.1) is 26.4 Å². The highest BCUT2D eigenvalue weighted by atomic mass is 32.1. The Morgan fingerprint density at radius 2 is 2.33 bits per heavy atom. The molecule has 1 saturated heterocycles. The number of ether oxygens (including phenoxy) is 2. The molecule has 3 heterocycles. The predicted molar refractivity (Wildman–Crippen MR) is 80.9 cm³/mol. The number of carbonyl (C=O) groups is 1. The second-order valence-electron chi connectivity index (χ2n) is 4.95. The van der Waals surface area contributed by atoms with Crippen molar-refractivity contribution in [1.82, 2.24) is 9.47 Å². The second-order valence-corrected chi connectivity index (χ2v) is 5.87. The van der Waals surface area contributed by atoms with Crippen molar-refractivity contribution in [2.24, 2.45) is 7.05 Å². The molecule has 112 valence electrons. The normalized spacial score (nSPS) is 18.8. The van der Waals surface area contributed by atoms with Gasteiger partial charge in [-0.05, 0) is 23.6 Å². The van der Waals surface area contributed by atoms with Crippen LogP contribution in [0.1, 0.15) is 21.4 Å². The molecule has 0 aromatic carbocycles. The summed E-state index contributed by atoms with van der Waals surface area (Å²) in [7, 11) is 3.57. The maximum absolute atomic E-state index is 12.8. The van der Waals surface area contributed by atoms with E-state index in [0.29, 0.717) is 30.4 Å². The van der Waals surface area contributed by atoms with Crippen LogP contribution in [-0.4, -0.2) is 42.2 Å². The van der Waals surface area contributed by atoms with Crippen molar-refractivity contribution in [3.05, 3.63) is 40.3 Å². The Labute approximate surface area is 127 Å². The van der Waals surface area contributed by atoms with Crippen LogP contribution in [0.15, 0.2) is 29.8 Å². The van der Waals surface area contributed by atoms with Crippen molar-refractivity contribution in [3.8, 4) is 5.75 Å². The Morgan fingerprint density at radius 1 is 1.48 bits per heavy atom. The lowest BCUT2D eigenvalue weighted by molar-refractivity contribution is -0.00450. The highest BCUT2D eigenvalue weighted by molar-refractivity contribution is 7.12. The minimum absolute atomic E-state index is 0.0105. The molecule has 1 aliphatic heterocycles. The van der Waals surface area contributed by atoms with Crippen molar-refractivity contribution in [3.63, 3.8) is 0 Å². The summed E-state index contributed by atoms with van der Waals surface area (Å²) < 4.78 is 12.9. The maximum atomic E-state index is 12.8. The molecule has 0 radical (unpaired) electrons. The molecular formula is C15H18N2O3S. The summed E-state index contributed by atoms with van der Waals surface area (Å²) in [5, 5.41) is 1.88. The summed E-state index contributed by atoms with van der Waals surface area (Å²) in [6, 6.07) is 5.79. The summed E-state index contributed by atoms with van der Waals surface area (Å²) in [4.78, 5) is 15.4. The van der Waals surface area contributed by atoms with Gasteiger partial charge in [0.25, 0.3) is 5.91 Å². The van der Waals surface area contributed by atoms with Crippen molar-refractivity contribution in [2.75, 3.05) is 26.9 Å². The Hall–Kier alpha value is -1.79. The molecule has 2 aromatic rings. The SMILES string of the molecule is COc1ccsc1C(=O)N1CCOC[C@H]1c1cccn1C. The molecule has 21 heavy (non-hydrogen) atoms. The second kappa shape index (κ2) is 5.91. The Bertz CT molecular complexity index is 634. The van der Waals surface area contributed by atoms with E-state index in [0.717, 1.165) is 5.69 Å². The number of aryl methyl sites for hydroxylation is 1. The van der Waals surface area contributed by atoms with Crippen LogP contribution in [-0.2, 0) is 11.8 Å². The number of rotatable bonds is 3. The van der Waals surface area contributed by atoms with E-state index in [2.05, 4.69) is 0 Å². The van der Waals surface area contributed by atoms with Crippen molar-refractivity contribution in [1.29, 1.82) is 0 Å². The quantitative estimate of drug-likeness (QED) is 0.874. The summed E-state index contributed by atoms with van der Waals surface area (Å²) >= 11 is 1.42. The molecule has 0 bridgehead atoms. The van der Waals surface area contributed by atoms with E-state index in [-0.39, 0.29) is 11.9 Å². The van der Waals surface area contributed by atoms with Gasteiger partial charge in [0.2, 0.25) is 0 Å². The topological polar surface area (TPSA) is 43.7 Å². The van der Waals surface area contributed by atoms with Crippen LogP contribution in [0.4, 0.5) is 0 Å². The average Bonchev–Trinajstić information content (AvgIpc) is 3.14. The van der Waals surface area contributed by atoms with Gasteiger partial charge in [-0.1, -0.05) is 0 Å². The molecular weight excluding hydrogens is 288 g/mol. The van der Waals surface area contributed by atoms with E-state index < -0.39 is 0 Å². The lowest BCUT2D eigenvalue weighted by Crippen LogP contribution is -2.43. The van der Waals surface area contributed by atoms with Crippen LogP contribution in [0.5, 0.6) is 5.75 Å². The van der Waals surface area contributed by atoms with E-state index in [4.69, 9.17) is 9.47 Å². The van der Waals surface area contributed by atoms with Crippen molar-refractivity contribution < 1.29 is 14.3 Å². The molecule has 1 aliphatic rings. The van der Waals surface area contributed by atoms with E-state index in [1.807, 2.05) is 46.3 Å². The van der Waals surface area contributed by atoms with Crippen LogP contribution in [0, 0.1) is 0 Å². The van der Waals surface area contributed by atoms with E-state index >= 15 is 0 Å². The molecule has 2 aromatic heterocycles. The first kappa shape index (κ1) is 14.2. The lowest BCUT2D eigenvalue weighted by Gasteiger charge is -2.35. The number of hydrogen-bond donors (Lipinski definition) is 0. The van der Waals surface area contributed by atoms with Crippen LogP contribution in [0.3, 0.4) is 0 Å². The minimum Gasteiger partial charge on any atom is -0.495 e. The first-order valence-electron chi connectivity index (χ1n) is 6.83. The van der Waals surface area contributed by atoms with Gasteiger partial charge in [-0.15, -0.1) is 11.3 Å². The standard InChI is InChI=1S/C15H18N2O3S/c1-16-6-3-4-11(16)12-10-20-8-7-17(12)15(18)14-13(19-2)5-9-21-14/h3-6,9,12H,7-8,10H2,1-2H3/t12-/m0/s1. The molecule has 0 N–H and O–H groups in total. The first-order valence-corrected chi connectivity index (χ1v) is 7.71. The number of aromatic nitrogens is 1. The Morgan fingerprint density at radius 3 is 3.05 bits per heavy atom. The van der Waals surface area contributed by atoms with E-state index in [1.54, 1.807) is 7.11 Å².